The molecule has 0 atom stereocenters. The predicted molar refractivity (Wildman–Crippen MR) is 92.1 cm³/mol. The number of aliphatic carboxylic acids is 1. The van der Waals surface area contributed by atoms with E-state index in [4.69, 9.17) is 10.2 Å². The fourth-order valence-electron chi connectivity index (χ4n) is 2.07. The second-order valence-corrected chi connectivity index (χ2v) is 6.84. The molecule has 0 amide bonds. The molecule has 2 aromatic carbocycles. The average Bonchev–Trinajstić information content (AvgIpc) is 2.54. The van der Waals surface area contributed by atoms with Crippen LogP contribution in [-0.2, 0) is 14.8 Å². The molecular formula is C17H15NO6S. The third-order valence-electron chi connectivity index (χ3n) is 3.30. The normalized spacial score (nSPS) is 11.4. The molecule has 0 radical (unpaired) electrons. The van der Waals surface area contributed by atoms with Crippen LogP contribution in [0.4, 0.5) is 5.69 Å². The Morgan fingerprint density at radius 3 is 2.24 bits per heavy atom. The number of hydrogen-bond acceptors (Lipinski definition) is 4. The van der Waals surface area contributed by atoms with Gasteiger partial charge >= 0.3 is 11.9 Å². The van der Waals surface area contributed by atoms with E-state index >= 15 is 0 Å². The summed E-state index contributed by atoms with van der Waals surface area (Å²) in [5.74, 6) is -2.25. The Hall–Kier alpha value is -3.13. The predicted octanol–water partition coefficient (Wildman–Crippen LogP) is 2.59. The summed E-state index contributed by atoms with van der Waals surface area (Å²) >= 11 is 0. The van der Waals surface area contributed by atoms with Crippen molar-refractivity contribution >= 4 is 33.7 Å². The molecule has 0 heterocycles. The van der Waals surface area contributed by atoms with Crippen LogP contribution in [0.3, 0.4) is 0 Å². The topological polar surface area (TPSA) is 121 Å². The van der Waals surface area contributed by atoms with Crippen molar-refractivity contribution in [1.29, 1.82) is 0 Å². The van der Waals surface area contributed by atoms with Crippen molar-refractivity contribution in [2.75, 3.05) is 4.72 Å². The average molecular weight is 361 g/mol. The maximum atomic E-state index is 12.6. The van der Waals surface area contributed by atoms with Crippen LogP contribution in [0.1, 0.15) is 21.5 Å². The molecule has 0 unspecified atom stereocenters. The number of aryl methyl sites for hydroxylation is 1. The quantitative estimate of drug-likeness (QED) is 0.680. The van der Waals surface area contributed by atoms with E-state index in [1.807, 2.05) is 0 Å². The molecule has 0 saturated heterocycles. The fourth-order valence-corrected chi connectivity index (χ4v) is 3.41. The number of rotatable bonds is 6. The van der Waals surface area contributed by atoms with Crippen molar-refractivity contribution in [3.8, 4) is 0 Å². The Balaban J connectivity index is 2.33. The van der Waals surface area contributed by atoms with E-state index < -0.39 is 22.0 Å². The molecular weight excluding hydrogens is 346 g/mol. The Labute approximate surface area is 144 Å². The minimum Gasteiger partial charge on any atom is -0.478 e. The Bertz CT molecular complexity index is 946. The fraction of sp³-hybridized carbons (Fsp3) is 0.0588. The molecule has 0 aliphatic heterocycles. The number of aromatic carboxylic acids is 1. The first kappa shape index (κ1) is 18.2. The lowest BCUT2D eigenvalue weighted by atomic mass is 10.1. The van der Waals surface area contributed by atoms with Crippen LogP contribution < -0.4 is 4.72 Å². The van der Waals surface area contributed by atoms with Crippen LogP contribution in [0.25, 0.3) is 6.08 Å². The molecule has 0 fully saturated rings. The van der Waals surface area contributed by atoms with Crippen molar-refractivity contribution in [2.24, 2.45) is 0 Å². The van der Waals surface area contributed by atoms with Crippen molar-refractivity contribution in [2.45, 2.75) is 11.8 Å². The van der Waals surface area contributed by atoms with Gasteiger partial charge in [0.05, 0.1) is 10.5 Å². The van der Waals surface area contributed by atoms with Crippen LogP contribution >= 0.6 is 0 Å². The van der Waals surface area contributed by atoms with Crippen LogP contribution in [0.15, 0.2) is 53.4 Å². The number of sulfonamides is 1. The van der Waals surface area contributed by atoms with Gasteiger partial charge in [-0.05, 0) is 54.5 Å². The summed E-state index contributed by atoms with van der Waals surface area (Å²) in [6.45, 7) is 1.62. The first-order chi connectivity index (χ1) is 11.7. The van der Waals surface area contributed by atoms with Gasteiger partial charge in [-0.15, -0.1) is 0 Å². The zero-order valence-electron chi connectivity index (χ0n) is 13.1. The van der Waals surface area contributed by atoms with Crippen molar-refractivity contribution in [3.05, 3.63) is 65.2 Å². The Morgan fingerprint density at radius 1 is 1.04 bits per heavy atom. The molecule has 2 aromatic rings. The van der Waals surface area contributed by atoms with Gasteiger partial charge in [-0.2, -0.15) is 0 Å². The highest BCUT2D eigenvalue weighted by Gasteiger charge is 2.17. The van der Waals surface area contributed by atoms with Crippen LogP contribution in [0.5, 0.6) is 0 Å². The van der Waals surface area contributed by atoms with Gasteiger partial charge < -0.3 is 10.2 Å². The maximum Gasteiger partial charge on any atom is 0.335 e. The Morgan fingerprint density at radius 2 is 1.68 bits per heavy atom. The lowest BCUT2D eigenvalue weighted by Gasteiger charge is -2.11. The summed E-state index contributed by atoms with van der Waals surface area (Å²) in [4.78, 5) is 21.4. The van der Waals surface area contributed by atoms with Crippen molar-refractivity contribution < 1.29 is 28.2 Å². The van der Waals surface area contributed by atoms with Crippen LogP contribution in [0.2, 0.25) is 0 Å². The molecule has 0 saturated carbocycles. The van der Waals surface area contributed by atoms with E-state index in [-0.39, 0.29) is 16.1 Å². The largest absolute Gasteiger partial charge is 0.478 e. The summed E-state index contributed by atoms with van der Waals surface area (Å²) in [5.41, 5.74) is 1.17. The number of carboxylic acids is 2. The molecule has 2 rings (SSSR count). The highest BCUT2D eigenvalue weighted by Crippen LogP contribution is 2.21. The molecule has 25 heavy (non-hydrogen) atoms. The van der Waals surface area contributed by atoms with Gasteiger partial charge in [-0.3, -0.25) is 4.72 Å². The minimum atomic E-state index is -3.92. The third kappa shape index (κ3) is 4.67. The summed E-state index contributed by atoms with van der Waals surface area (Å²) in [7, 11) is -3.92. The third-order valence-corrected chi connectivity index (χ3v) is 4.83. The van der Waals surface area contributed by atoms with Gasteiger partial charge in [0.15, 0.2) is 0 Å². The van der Waals surface area contributed by atoms with Crippen LogP contribution in [0, 0.1) is 6.92 Å². The van der Waals surface area contributed by atoms with E-state index in [9.17, 15) is 18.0 Å². The van der Waals surface area contributed by atoms with E-state index in [1.54, 1.807) is 19.1 Å². The van der Waals surface area contributed by atoms with Crippen molar-refractivity contribution in [1.82, 2.24) is 0 Å². The molecule has 0 aliphatic carbocycles. The Kier molecular flexibility index (Phi) is 5.23. The van der Waals surface area contributed by atoms with E-state index in [1.165, 1.54) is 36.4 Å². The molecule has 130 valence electrons. The monoisotopic (exact) mass is 361 g/mol. The number of hydrogen-bond donors (Lipinski definition) is 3. The number of nitrogens with one attached hydrogen (secondary N) is 1. The smallest absolute Gasteiger partial charge is 0.335 e. The van der Waals surface area contributed by atoms with E-state index in [0.29, 0.717) is 11.1 Å². The van der Waals surface area contributed by atoms with Crippen LogP contribution in [-0.4, -0.2) is 30.6 Å². The van der Waals surface area contributed by atoms with Gasteiger partial charge in [-0.25, -0.2) is 18.0 Å². The summed E-state index contributed by atoms with van der Waals surface area (Å²) in [6.07, 6.45) is 2.21. The first-order valence-electron chi connectivity index (χ1n) is 7.07. The second-order valence-electron chi connectivity index (χ2n) is 5.18. The number of carboxylic acid groups (broad SMARTS) is 2. The number of carbonyl (C=O) groups is 2. The van der Waals surface area contributed by atoms with Gasteiger partial charge in [0.25, 0.3) is 10.0 Å². The second kappa shape index (κ2) is 7.18. The summed E-state index contributed by atoms with van der Waals surface area (Å²) < 4.78 is 27.5. The zero-order valence-corrected chi connectivity index (χ0v) is 13.9. The zero-order chi connectivity index (χ0) is 18.6. The molecule has 0 spiro atoms. The molecule has 8 heteroatoms. The lowest BCUT2D eigenvalue weighted by Crippen LogP contribution is -2.14. The number of benzene rings is 2. The minimum absolute atomic E-state index is 0.00218. The molecule has 0 aliphatic rings. The standard InChI is InChI=1S/C17H15NO6S/c1-11-2-3-12(4-9-16(19)20)10-15(11)25(23,24)18-14-7-5-13(6-8-14)17(21)22/h2-10,18H,1H3,(H,19,20)(H,21,22). The summed E-state index contributed by atoms with van der Waals surface area (Å²) in [5, 5.41) is 17.5. The van der Waals surface area contributed by atoms with Gasteiger partial charge in [0.1, 0.15) is 0 Å². The molecule has 0 aromatic heterocycles. The van der Waals surface area contributed by atoms with Gasteiger partial charge in [0.2, 0.25) is 0 Å². The van der Waals surface area contributed by atoms with E-state index in [0.717, 1.165) is 6.08 Å². The summed E-state index contributed by atoms with van der Waals surface area (Å²) in [6, 6.07) is 9.83. The lowest BCUT2D eigenvalue weighted by molar-refractivity contribution is -0.131. The first-order valence-corrected chi connectivity index (χ1v) is 8.55. The highest BCUT2D eigenvalue weighted by atomic mass is 32.2. The number of anilines is 1. The molecule has 0 bridgehead atoms. The van der Waals surface area contributed by atoms with Gasteiger partial charge in [-0.1, -0.05) is 12.1 Å². The van der Waals surface area contributed by atoms with Crippen molar-refractivity contribution in [3.63, 3.8) is 0 Å². The maximum absolute atomic E-state index is 12.6. The molecule has 7 nitrogen and oxygen atoms in total. The highest BCUT2D eigenvalue weighted by molar-refractivity contribution is 7.92. The molecule has 3 N–H and O–H groups in total. The SMILES string of the molecule is Cc1ccc(C=CC(=O)O)cc1S(=O)(=O)Nc1ccc(C(=O)O)cc1. The van der Waals surface area contributed by atoms with E-state index in [2.05, 4.69) is 4.72 Å². The van der Waals surface area contributed by atoms with Gasteiger partial charge in [0, 0.05) is 11.8 Å².